The fourth-order valence-corrected chi connectivity index (χ4v) is 3.07. The van der Waals surface area contributed by atoms with Crippen LogP contribution in [0.4, 0.5) is 28.7 Å². The first-order chi connectivity index (χ1) is 13.0. The average Bonchev–Trinajstić information content (AvgIpc) is 2.62. The lowest BCUT2D eigenvalue weighted by Crippen LogP contribution is -2.19. The van der Waals surface area contributed by atoms with Crippen LogP contribution in [0.15, 0.2) is 54.9 Å². The maximum absolute atomic E-state index is 11.9. The normalized spacial score (nSPS) is 10.5. The van der Waals surface area contributed by atoms with Gasteiger partial charge in [-0.3, -0.25) is 10.1 Å². The van der Waals surface area contributed by atoms with E-state index >= 15 is 0 Å². The van der Waals surface area contributed by atoms with E-state index in [9.17, 15) is 10.1 Å². The van der Waals surface area contributed by atoms with Gasteiger partial charge in [0, 0.05) is 17.9 Å². The van der Waals surface area contributed by atoms with Gasteiger partial charge >= 0.3 is 5.69 Å². The standard InChI is InChI=1S/C20H21N5O2/c1-4-24(17-8-6-5-7-9-17)20-18(25(26)27)19(21-13-22-20)23-16-11-14(2)10-15(3)12-16/h5-13H,4H2,1-3H3,(H,21,22,23). The van der Waals surface area contributed by atoms with Crippen molar-refractivity contribution in [2.45, 2.75) is 20.8 Å². The van der Waals surface area contributed by atoms with Crippen LogP contribution in [0.1, 0.15) is 18.1 Å². The van der Waals surface area contributed by atoms with E-state index in [1.807, 2.05) is 69.3 Å². The molecule has 0 unspecified atom stereocenters. The predicted octanol–water partition coefficient (Wildman–Crippen LogP) is 4.90. The molecule has 0 aliphatic heterocycles. The summed E-state index contributed by atoms with van der Waals surface area (Å²) < 4.78 is 0. The zero-order valence-corrected chi connectivity index (χ0v) is 15.5. The van der Waals surface area contributed by atoms with E-state index in [2.05, 4.69) is 15.3 Å². The molecule has 0 aliphatic rings. The molecule has 7 heteroatoms. The highest BCUT2D eigenvalue weighted by molar-refractivity contribution is 5.78. The van der Waals surface area contributed by atoms with E-state index < -0.39 is 4.92 Å². The summed E-state index contributed by atoms with van der Waals surface area (Å²) in [6.45, 7) is 6.42. The third-order valence-electron chi connectivity index (χ3n) is 4.11. The smallest absolute Gasteiger partial charge is 0.334 e. The average molecular weight is 363 g/mol. The molecule has 27 heavy (non-hydrogen) atoms. The van der Waals surface area contributed by atoms with Crippen LogP contribution in [-0.4, -0.2) is 21.4 Å². The highest BCUT2D eigenvalue weighted by Gasteiger charge is 2.27. The minimum Gasteiger partial charge on any atom is -0.334 e. The van der Waals surface area contributed by atoms with Crippen molar-refractivity contribution < 1.29 is 4.92 Å². The second kappa shape index (κ2) is 7.82. The van der Waals surface area contributed by atoms with Crippen molar-refractivity contribution in [3.63, 3.8) is 0 Å². The molecule has 0 saturated heterocycles. The molecule has 1 N–H and O–H groups in total. The second-order valence-electron chi connectivity index (χ2n) is 6.23. The summed E-state index contributed by atoms with van der Waals surface area (Å²) in [6, 6.07) is 15.4. The molecule has 138 valence electrons. The van der Waals surface area contributed by atoms with Crippen molar-refractivity contribution in [3.05, 3.63) is 76.1 Å². The Kier molecular flexibility index (Phi) is 5.30. The molecule has 2 aromatic carbocycles. The van der Waals surface area contributed by atoms with Crippen molar-refractivity contribution in [1.82, 2.24) is 9.97 Å². The Hall–Kier alpha value is -3.48. The number of benzene rings is 2. The van der Waals surface area contributed by atoms with Gasteiger partial charge < -0.3 is 10.2 Å². The molecular weight excluding hydrogens is 342 g/mol. The number of nitro groups is 1. The van der Waals surface area contributed by atoms with E-state index in [-0.39, 0.29) is 17.3 Å². The number of aromatic nitrogens is 2. The van der Waals surface area contributed by atoms with Crippen molar-refractivity contribution >= 4 is 28.7 Å². The molecule has 0 bridgehead atoms. The van der Waals surface area contributed by atoms with Crippen LogP contribution in [0, 0.1) is 24.0 Å². The van der Waals surface area contributed by atoms with Gasteiger partial charge in [-0.05, 0) is 56.2 Å². The zero-order valence-electron chi connectivity index (χ0n) is 15.5. The molecular formula is C20H21N5O2. The number of anilines is 4. The molecule has 7 nitrogen and oxygen atoms in total. The lowest BCUT2D eigenvalue weighted by Gasteiger charge is -2.22. The van der Waals surface area contributed by atoms with E-state index in [1.54, 1.807) is 4.90 Å². The zero-order chi connectivity index (χ0) is 19.4. The van der Waals surface area contributed by atoms with E-state index in [1.165, 1.54) is 6.33 Å². The second-order valence-corrected chi connectivity index (χ2v) is 6.23. The summed E-state index contributed by atoms with van der Waals surface area (Å²) in [4.78, 5) is 21.6. The van der Waals surface area contributed by atoms with Gasteiger partial charge in [-0.1, -0.05) is 24.3 Å². The molecule has 0 radical (unpaired) electrons. The summed E-state index contributed by atoms with van der Waals surface area (Å²) in [5.74, 6) is 0.431. The summed E-state index contributed by atoms with van der Waals surface area (Å²) >= 11 is 0. The maximum atomic E-state index is 11.9. The van der Waals surface area contributed by atoms with Gasteiger partial charge in [0.2, 0.25) is 11.6 Å². The molecule has 3 aromatic rings. The Morgan fingerprint density at radius 2 is 1.74 bits per heavy atom. The summed E-state index contributed by atoms with van der Waals surface area (Å²) in [5, 5.41) is 15.0. The van der Waals surface area contributed by atoms with Gasteiger partial charge in [0.25, 0.3) is 0 Å². The van der Waals surface area contributed by atoms with Crippen molar-refractivity contribution in [2.24, 2.45) is 0 Å². The first kappa shape index (κ1) is 18.3. The molecule has 0 aliphatic carbocycles. The number of aryl methyl sites for hydroxylation is 2. The quantitative estimate of drug-likeness (QED) is 0.495. The lowest BCUT2D eigenvalue weighted by atomic mass is 10.1. The number of para-hydroxylation sites is 1. The van der Waals surface area contributed by atoms with Gasteiger partial charge in [-0.15, -0.1) is 0 Å². The Morgan fingerprint density at radius 3 is 2.33 bits per heavy atom. The van der Waals surface area contributed by atoms with Gasteiger partial charge in [-0.25, -0.2) is 9.97 Å². The van der Waals surface area contributed by atoms with Crippen LogP contribution in [0.5, 0.6) is 0 Å². The fourth-order valence-electron chi connectivity index (χ4n) is 3.07. The topological polar surface area (TPSA) is 84.2 Å². The highest BCUT2D eigenvalue weighted by atomic mass is 16.6. The van der Waals surface area contributed by atoms with Crippen molar-refractivity contribution in [3.8, 4) is 0 Å². The minimum absolute atomic E-state index is 0.151. The number of hydrogen-bond donors (Lipinski definition) is 1. The van der Waals surface area contributed by atoms with Gasteiger partial charge in [0.1, 0.15) is 6.33 Å². The maximum Gasteiger partial charge on any atom is 0.354 e. The highest BCUT2D eigenvalue weighted by Crippen LogP contribution is 2.36. The SMILES string of the molecule is CCN(c1ccccc1)c1ncnc(Nc2cc(C)cc(C)c2)c1[N+](=O)[O-]. The van der Waals surface area contributed by atoms with Crippen molar-refractivity contribution in [2.75, 3.05) is 16.8 Å². The largest absolute Gasteiger partial charge is 0.354 e. The van der Waals surface area contributed by atoms with Gasteiger partial charge in [-0.2, -0.15) is 0 Å². The number of hydrogen-bond acceptors (Lipinski definition) is 6. The fraction of sp³-hybridized carbons (Fsp3) is 0.200. The molecule has 0 atom stereocenters. The number of nitrogens with zero attached hydrogens (tertiary/aromatic N) is 4. The van der Waals surface area contributed by atoms with Crippen LogP contribution < -0.4 is 10.2 Å². The third-order valence-corrected chi connectivity index (χ3v) is 4.11. The Labute approximate surface area is 157 Å². The molecule has 0 spiro atoms. The first-order valence-electron chi connectivity index (χ1n) is 8.67. The van der Waals surface area contributed by atoms with Crippen LogP contribution >= 0.6 is 0 Å². The van der Waals surface area contributed by atoms with Crippen LogP contribution in [0.2, 0.25) is 0 Å². The van der Waals surface area contributed by atoms with E-state index in [0.29, 0.717) is 6.54 Å². The molecule has 1 aromatic heterocycles. The summed E-state index contributed by atoms with van der Waals surface area (Å²) in [5.41, 5.74) is 3.56. The van der Waals surface area contributed by atoms with Crippen LogP contribution in [0.3, 0.4) is 0 Å². The minimum atomic E-state index is -0.439. The summed E-state index contributed by atoms with van der Waals surface area (Å²) in [7, 11) is 0. The van der Waals surface area contributed by atoms with Crippen LogP contribution in [0.25, 0.3) is 0 Å². The molecule has 0 fully saturated rings. The van der Waals surface area contributed by atoms with E-state index in [0.717, 1.165) is 22.5 Å². The first-order valence-corrected chi connectivity index (χ1v) is 8.67. The van der Waals surface area contributed by atoms with Gasteiger partial charge in [0.15, 0.2) is 0 Å². The molecule has 0 saturated carbocycles. The monoisotopic (exact) mass is 363 g/mol. The Morgan fingerprint density at radius 1 is 1.07 bits per heavy atom. The molecule has 1 heterocycles. The van der Waals surface area contributed by atoms with Gasteiger partial charge in [0.05, 0.1) is 4.92 Å². The van der Waals surface area contributed by atoms with E-state index in [4.69, 9.17) is 0 Å². The lowest BCUT2D eigenvalue weighted by molar-refractivity contribution is -0.383. The Bertz CT molecular complexity index is 940. The van der Waals surface area contributed by atoms with Crippen LogP contribution in [-0.2, 0) is 0 Å². The molecule has 0 amide bonds. The van der Waals surface area contributed by atoms with Crippen molar-refractivity contribution in [1.29, 1.82) is 0 Å². The number of nitrogens with one attached hydrogen (secondary N) is 1. The predicted molar refractivity (Wildman–Crippen MR) is 107 cm³/mol. The number of rotatable bonds is 6. The summed E-state index contributed by atoms with van der Waals surface area (Å²) in [6.07, 6.45) is 1.35. The Balaban J connectivity index is 2.08. The molecule has 3 rings (SSSR count). The third kappa shape index (κ3) is 4.03.